The Hall–Kier alpha value is -4.15. The molecule has 0 aliphatic carbocycles. The highest BCUT2D eigenvalue weighted by Crippen LogP contribution is 2.39. The number of aromatic nitrogens is 2. The number of rotatable bonds is 12. The van der Waals surface area contributed by atoms with Crippen LogP contribution in [0.2, 0.25) is 0 Å². The number of epoxide rings is 1. The predicted molar refractivity (Wildman–Crippen MR) is 174 cm³/mol. The molecule has 5 aromatic carbocycles. The molecule has 6 aromatic rings. The van der Waals surface area contributed by atoms with Gasteiger partial charge in [-0.1, -0.05) is 112 Å². The monoisotopic (exact) mass is 554 g/mol. The molecule has 0 amide bonds. The number of unbranched alkanes of at least 4 members (excludes halogenated alkanes) is 5. The van der Waals surface area contributed by atoms with Gasteiger partial charge in [-0.3, -0.25) is 4.57 Å². The van der Waals surface area contributed by atoms with Crippen LogP contribution in [-0.2, 0) is 11.2 Å². The molecule has 0 bridgehead atoms. The van der Waals surface area contributed by atoms with Crippen molar-refractivity contribution >= 4 is 32.6 Å². The van der Waals surface area contributed by atoms with Gasteiger partial charge >= 0.3 is 0 Å². The third-order valence-corrected chi connectivity index (χ3v) is 8.50. The lowest BCUT2D eigenvalue weighted by Crippen LogP contribution is -2.04. The highest BCUT2D eigenvalue weighted by Gasteiger charge is 2.23. The topological polar surface area (TPSA) is 39.6 Å². The zero-order valence-electron chi connectivity index (χ0n) is 24.4. The Morgan fingerprint density at radius 1 is 0.738 bits per heavy atom. The van der Waals surface area contributed by atoms with E-state index in [0.29, 0.717) is 6.61 Å². The van der Waals surface area contributed by atoms with Crippen molar-refractivity contribution in [3.8, 4) is 22.8 Å². The van der Waals surface area contributed by atoms with Crippen LogP contribution in [0.3, 0.4) is 0 Å². The third kappa shape index (κ3) is 5.39. The van der Waals surface area contributed by atoms with E-state index in [9.17, 15) is 0 Å². The number of imidazole rings is 1. The van der Waals surface area contributed by atoms with Crippen LogP contribution in [0.1, 0.15) is 51.0 Å². The number of fused-ring (bicyclic) bond motifs is 6. The first-order valence-electron chi connectivity index (χ1n) is 15.6. The van der Waals surface area contributed by atoms with Crippen LogP contribution in [0, 0.1) is 0 Å². The van der Waals surface area contributed by atoms with Gasteiger partial charge in [-0.05, 0) is 53.4 Å². The molecular weight excluding hydrogens is 516 g/mol. The lowest BCUT2D eigenvalue weighted by atomic mass is 10.00. The fourth-order valence-electron chi connectivity index (χ4n) is 6.13. The van der Waals surface area contributed by atoms with Crippen molar-refractivity contribution < 1.29 is 9.47 Å². The molecule has 7 rings (SSSR count). The first-order valence-corrected chi connectivity index (χ1v) is 15.6. The van der Waals surface area contributed by atoms with E-state index in [1.54, 1.807) is 0 Å². The van der Waals surface area contributed by atoms with Crippen LogP contribution in [0.5, 0.6) is 5.75 Å². The predicted octanol–water partition coefficient (Wildman–Crippen LogP) is 9.68. The van der Waals surface area contributed by atoms with Gasteiger partial charge < -0.3 is 9.47 Å². The number of nitrogens with zero attached hydrogens (tertiary/aromatic N) is 2. The summed E-state index contributed by atoms with van der Waals surface area (Å²) in [6, 6.07) is 34.8. The average Bonchev–Trinajstić information content (AvgIpc) is 3.79. The molecule has 4 nitrogen and oxygen atoms in total. The van der Waals surface area contributed by atoms with Crippen LogP contribution in [0.25, 0.3) is 49.7 Å². The molecule has 1 unspecified atom stereocenters. The largest absolute Gasteiger partial charge is 0.491 e. The molecule has 0 radical (unpaired) electrons. The molecule has 1 aliphatic rings. The number of hydrogen-bond acceptors (Lipinski definition) is 3. The molecule has 1 aromatic heterocycles. The lowest BCUT2D eigenvalue weighted by molar-refractivity contribution is 0.263. The van der Waals surface area contributed by atoms with Crippen molar-refractivity contribution in [1.82, 2.24) is 9.55 Å². The second-order valence-electron chi connectivity index (χ2n) is 11.5. The van der Waals surface area contributed by atoms with E-state index in [-0.39, 0.29) is 6.10 Å². The smallest absolute Gasteiger partial charge is 0.145 e. The molecule has 0 spiro atoms. The number of ether oxygens (including phenoxy) is 2. The summed E-state index contributed by atoms with van der Waals surface area (Å²) in [4.78, 5) is 5.38. The lowest BCUT2D eigenvalue weighted by Gasteiger charge is -2.13. The van der Waals surface area contributed by atoms with Gasteiger partial charge in [0.1, 0.15) is 24.3 Å². The van der Waals surface area contributed by atoms with Gasteiger partial charge in [-0.15, -0.1) is 0 Å². The van der Waals surface area contributed by atoms with E-state index in [1.807, 2.05) is 0 Å². The minimum absolute atomic E-state index is 0.234. The number of aryl methyl sites for hydroxylation is 1. The Balaban J connectivity index is 1.31. The highest BCUT2D eigenvalue weighted by atomic mass is 16.6. The van der Waals surface area contributed by atoms with E-state index in [4.69, 9.17) is 14.5 Å². The first kappa shape index (κ1) is 26.7. The van der Waals surface area contributed by atoms with Crippen LogP contribution in [-0.4, -0.2) is 28.9 Å². The van der Waals surface area contributed by atoms with E-state index < -0.39 is 0 Å². The van der Waals surface area contributed by atoms with Gasteiger partial charge in [-0.25, -0.2) is 4.98 Å². The minimum atomic E-state index is 0.234. The molecule has 2 heterocycles. The van der Waals surface area contributed by atoms with Gasteiger partial charge in [0.15, 0.2) is 0 Å². The Morgan fingerprint density at radius 2 is 1.38 bits per heavy atom. The zero-order chi connectivity index (χ0) is 28.3. The summed E-state index contributed by atoms with van der Waals surface area (Å²) in [7, 11) is 0. The Morgan fingerprint density at radius 3 is 2.10 bits per heavy atom. The van der Waals surface area contributed by atoms with Crippen LogP contribution in [0.4, 0.5) is 0 Å². The molecule has 0 N–H and O–H groups in total. The van der Waals surface area contributed by atoms with Gasteiger partial charge in [0.05, 0.1) is 17.6 Å². The molecule has 1 saturated heterocycles. The summed E-state index contributed by atoms with van der Waals surface area (Å²) in [5, 5.41) is 4.86. The maximum absolute atomic E-state index is 5.96. The molecular formula is C38H38N2O2. The molecule has 4 heteroatoms. The van der Waals surface area contributed by atoms with E-state index in [1.165, 1.54) is 65.6 Å². The van der Waals surface area contributed by atoms with Crippen molar-refractivity contribution in [2.45, 2.75) is 58.0 Å². The van der Waals surface area contributed by atoms with E-state index >= 15 is 0 Å². The SMILES string of the molecule is CCCCCCCCc1ccc(-c2nc3c4ccccc4c4ccccc4c3n2-c2ccc(OCC3CO3)cc2)cc1. The van der Waals surface area contributed by atoms with Crippen LogP contribution < -0.4 is 4.74 Å². The summed E-state index contributed by atoms with van der Waals surface area (Å²) in [5.74, 6) is 1.81. The van der Waals surface area contributed by atoms with Crippen LogP contribution in [0.15, 0.2) is 97.1 Å². The van der Waals surface area contributed by atoms with Gasteiger partial charge in [0, 0.05) is 22.0 Å². The Labute approximate surface area is 247 Å². The summed E-state index contributed by atoms with van der Waals surface area (Å²) < 4.78 is 13.6. The molecule has 212 valence electrons. The Bertz CT molecular complexity index is 1820. The zero-order valence-corrected chi connectivity index (χ0v) is 24.4. The number of hydrogen-bond donors (Lipinski definition) is 0. The van der Waals surface area contributed by atoms with Crippen LogP contribution >= 0.6 is 0 Å². The van der Waals surface area contributed by atoms with E-state index in [2.05, 4.69) is 109 Å². The standard InChI is InChI=1S/C38H38N2O2/c1-2-3-4-5-6-7-12-27-17-19-28(20-18-27)38-39-36-34-15-10-8-13-32(34)33-14-9-11-16-35(33)37(36)40(38)29-21-23-30(24-22-29)41-25-31-26-42-31/h8-11,13-24,31H,2-7,12,25-26H2,1H3. The molecule has 1 fully saturated rings. The summed E-state index contributed by atoms with van der Waals surface area (Å²) in [5.41, 5.74) is 5.75. The van der Waals surface area contributed by atoms with Crippen molar-refractivity contribution in [1.29, 1.82) is 0 Å². The summed E-state index contributed by atoms with van der Waals surface area (Å²) in [6.07, 6.45) is 9.28. The quantitative estimate of drug-likeness (QED) is 0.0859. The number of benzene rings is 5. The molecule has 1 atom stereocenters. The van der Waals surface area contributed by atoms with Gasteiger partial charge in [0.25, 0.3) is 0 Å². The molecule has 0 saturated carbocycles. The minimum Gasteiger partial charge on any atom is -0.491 e. The van der Waals surface area contributed by atoms with E-state index in [0.717, 1.165) is 46.9 Å². The summed E-state index contributed by atoms with van der Waals surface area (Å²) >= 11 is 0. The first-order chi connectivity index (χ1) is 20.8. The molecule has 42 heavy (non-hydrogen) atoms. The highest BCUT2D eigenvalue weighted by molar-refractivity contribution is 6.24. The summed E-state index contributed by atoms with van der Waals surface area (Å²) in [6.45, 7) is 3.66. The van der Waals surface area contributed by atoms with Gasteiger partial charge in [0.2, 0.25) is 0 Å². The maximum Gasteiger partial charge on any atom is 0.145 e. The van der Waals surface area contributed by atoms with Crippen molar-refractivity contribution in [2.75, 3.05) is 13.2 Å². The van der Waals surface area contributed by atoms with Crippen molar-refractivity contribution in [3.63, 3.8) is 0 Å². The third-order valence-electron chi connectivity index (χ3n) is 8.50. The van der Waals surface area contributed by atoms with Gasteiger partial charge in [-0.2, -0.15) is 0 Å². The second kappa shape index (κ2) is 12.0. The molecule has 1 aliphatic heterocycles. The second-order valence-corrected chi connectivity index (χ2v) is 11.5. The fourth-order valence-corrected chi connectivity index (χ4v) is 6.13. The van der Waals surface area contributed by atoms with Crippen molar-refractivity contribution in [2.24, 2.45) is 0 Å². The maximum atomic E-state index is 5.96. The van der Waals surface area contributed by atoms with Crippen molar-refractivity contribution in [3.05, 3.63) is 103 Å². The fraction of sp³-hybridized carbons (Fsp3) is 0.289. The average molecular weight is 555 g/mol. The Kier molecular flexibility index (Phi) is 7.63. The normalized spacial score (nSPS) is 14.6.